The lowest BCUT2D eigenvalue weighted by Gasteiger charge is -2.11. The molecule has 0 saturated carbocycles. The Bertz CT molecular complexity index is 1100. The lowest BCUT2D eigenvalue weighted by molar-refractivity contribution is 0.0950. The summed E-state index contributed by atoms with van der Waals surface area (Å²) >= 11 is 0. The fourth-order valence-electron chi connectivity index (χ4n) is 2.60. The van der Waals surface area contributed by atoms with E-state index in [1.54, 1.807) is 43.3 Å². The largest absolute Gasteiger partial charge is 0.348 e. The zero-order valence-electron chi connectivity index (χ0n) is 15.1. The first-order chi connectivity index (χ1) is 13.4. The topological polar surface area (TPSA) is 75.3 Å². The number of carbonyl (C=O) groups excluding carboxylic acids is 1. The van der Waals surface area contributed by atoms with Gasteiger partial charge < -0.3 is 5.32 Å². The number of aryl methyl sites for hydroxylation is 1. The summed E-state index contributed by atoms with van der Waals surface area (Å²) in [5.41, 5.74) is 1.95. The minimum atomic E-state index is -3.77. The third kappa shape index (κ3) is 4.55. The van der Waals surface area contributed by atoms with Crippen LogP contribution in [-0.2, 0) is 16.6 Å². The molecule has 3 rings (SSSR count). The van der Waals surface area contributed by atoms with Crippen molar-refractivity contribution in [3.05, 3.63) is 95.3 Å². The molecule has 144 valence electrons. The number of nitrogens with one attached hydrogen (secondary N) is 2. The van der Waals surface area contributed by atoms with E-state index in [-0.39, 0.29) is 17.0 Å². The lowest BCUT2D eigenvalue weighted by atomic mass is 10.2. The Morgan fingerprint density at radius 3 is 2.25 bits per heavy atom. The quantitative estimate of drug-likeness (QED) is 0.662. The molecule has 0 aliphatic carbocycles. The fraction of sp³-hybridized carbons (Fsp3) is 0.0952. The first-order valence-electron chi connectivity index (χ1n) is 8.57. The molecule has 0 atom stereocenters. The maximum absolute atomic E-state index is 13.6. The minimum absolute atomic E-state index is 0.0421. The van der Waals surface area contributed by atoms with E-state index in [0.29, 0.717) is 11.3 Å². The Morgan fingerprint density at radius 2 is 1.57 bits per heavy atom. The summed E-state index contributed by atoms with van der Waals surface area (Å²) in [7, 11) is -3.77. The van der Waals surface area contributed by atoms with Gasteiger partial charge in [-0.2, -0.15) is 0 Å². The predicted molar refractivity (Wildman–Crippen MR) is 106 cm³/mol. The van der Waals surface area contributed by atoms with Crippen molar-refractivity contribution < 1.29 is 17.6 Å². The Labute approximate surface area is 163 Å². The van der Waals surface area contributed by atoms with Gasteiger partial charge >= 0.3 is 0 Å². The SMILES string of the molecule is Cc1ccccc1NS(=O)(=O)c1ccc(C(=O)NCc2ccccc2F)cc1. The Morgan fingerprint density at radius 1 is 0.929 bits per heavy atom. The van der Waals surface area contributed by atoms with E-state index in [0.717, 1.165) is 5.56 Å². The van der Waals surface area contributed by atoms with Gasteiger partial charge in [0.15, 0.2) is 0 Å². The van der Waals surface area contributed by atoms with E-state index in [1.165, 1.54) is 30.3 Å². The van der Waals surface area contributed by atoms with Gasteiger partial charge in [0.25, 0.3) is 15.9 Å². The van der Waals surface area contributed by atoms with Crippen LogP contribution in [0.4, 0.5) is 10.1 Å². The van der Waals surface area contributed by atoms with Gasteiger partial charge in [-0.3, -0.25) is 9.52 Å². The van der Waals surface area contributed by atoms with Crippen molar-refractivity contribution >= 4 is 21.6 Å². The van der Waals surface area contributed by atoms with Crippen molar-refractivity contribution in [1.29, 1.82) is 0 Å². The highest BCUT2D eigenvalue weighted by molar-refractivity contribution is 7.92. The van der Waals surface area contributed by atoms with Gasteiger partial charge in [0.2, 0.25) is 0 Å². The molecule has 0 spiro atoms. The molecule has 0 radical (unpaired) electrons. The van der Waals surface area contributed by atoms with Crippen LogP contribution in [0.25, 0.3) is 0 Å². The number of hydrogen-bond acceptors (Lipinski definition) is 3. The summed E-state index contributed by atoms with van der Waals surface area (Å²) < 4.78 is 41.2. The highest BCUT2D eigenvalue weighted by Gasteiger charge is 2.16. The summed E-state index contributed by atoms with van der Waals surface area (Å²) in [5, 5.41) is 2.62. The molecule has 28 heavy (non-hydrogen) atoms. The molecule has 5 nitrogen and oxygen atoms in total. The Balaban J connectivity index is 1.69. The monoisotopic (exact) mass is 398 g/mol. The number of sulfonamides is 1. The average molecular weight is 398 g/mol. The van der Waals surface area contributed by atoms with Crippen molar-refractivity contribution in [2.45, 2.75) is 18.4 Å². The minimum Gasteiger partial charge on any atom is -0.348 e. The lowest BCUT2D eigenvalue weighted by Crippen LogP contribution is -2.23. The summed E-state index contributed by atoms with van der Waals surface area (Å²) in [5.74, 6) is -0.814. The summed E-state index contributed by atoms with van der Waals surface area (Å²) in [6, 6.07) is 18.8. The number of carbonyl (C=O) groups is 1. The molecule has 2 N–H and O–H groups in total. The van der Waals surface area contributed by atoms with Crippen LogP contribution in [0, 0.1) is 12.7 Å². The smallest absolute Gasteiger partial charge is 0.261 e. The van der Waals surface area contributed by atoms with Crippen molar-refractivity contribution in [1.82, 2.24) is 5.32 Å². The van der Waals surface area contributed by atoms with Crippen molar-refractivity contribution in [3.8, 4) is 0 Å². The molecule has 0 aromatic heterocycles. The average Bonchev–Trinajstić information content (AvgIpc) is 2.69. The van der Waals surface area contributed by atoms with E-state index in [1.807, 2.05) is 6.07 Å². The van der Waals surface area contributed by atoms with Crippen LogP contribution in [0.3, 0.4) is 0 Å². The highest BCUT2D eigenvalue weighted by atomic mass is 32.2. The highest BCUT2D eigenvalue weighted by Crippen LogP contribution is 2.19. The zero-order chi connectivity index (χ0) is 20.1. The van der Waals surface area contributed by atoms with Crippen molar-refractivity contribution in [2.24, 2.45) is 0 Å². The second-order valence-corrected chi connectivity index (χ2v) is 7.90. The van der Waals surface area contributed by atoms with E-state index >= 15 is 0 Å². The summed E-state index contributed by atoms with van der Waals surface area (Å²) in [6.45, 7) is 1.85. The molecule has 7 heteroatoms. The van der Waals surface area contributed by atoms with Crippen molar-refractivity contribution in [2.75, 3.05) is 4.72 Å². The predicted octanol–water partition coefficient (Wildman–Crippen LogP) is 3.86. The van der Waals surface area contributed by atoms with Crippen LogP contribution in [0.5, 0.6) is 0 Å². The number of halogens is 1. The number of hydrogen-bond donors (Lipinski definition) is 2. The molecular formula is C21H19FN2O3S. The van der Waals surface area contributed by atoms with Crippen LogP contribution in [-0.4, -0.2) is 14.3 Å². The second-order valence-electron chi connectivity index (χ2n) is 6.22. The second kappa shape index (κ2) is 8.22. The van der Waals surface area contributed by atoms with E-state index in [4.69, 9.17) is 0 Å². The molecule has 3 aromatic carbocycles. The standard InChI is InChI=1S/C21H19FN2O3S/c1-15-6-2-5-9-20(15)24-28(26,27)18-12-10-16(11-13-18)21(25)23-14-17-7-3-4-8-19(17)22/h2-13,24H,14H2,1H3,(H,23,25). The van der Waals surface area contributed by atoms with E-state index in [2.05, 4.69) is 10.0 Å². The number of para-hydroxylation sites is 1. The first-order valence-corrected chi connectivity index (χ1v) is 10.1. The van der Waals surface area contributed by atoms with Gasteiger partial charge in [-0.15, -0.1) is 0 Å². The molecule has 0 unspecified atom stereocenters. The van der Waals surface area contributed by atoms with Gasteiger partial charge in [-0.05, 0) is 48.9 Å². The van der Waals surface area contributed by atoms with Gasteiger partial charge in [-0.25, -0.2) is 12.8 Å². The summed E-state index contributed by atoms with van der Waals surface area (Å²) in [6.07, 6.45) is 0. The number of benzene rings is 3. The van der Waals surface area contributed by atoms with Crippen LogP contribution in [0.15, 0.2) is 77.7 Å². The normalized spacial score (nSPS) is 11.1. The van der Waals surface area contributed by atoms with Gasteiger partial charge in [-0.1, -0.05) is 36.4 Å². The van der Waals surface area contributed by atoms with Gasteiger partial charge in [0.05, 0.1) is 10.6 Å². The first kappa shape index (κ1) is 19.6. The van der Waals surface area contributed by atoms with Gasteiger partial charge in [0.1, 0.15) is 5.82 Å². The zero-order valence-corrected chi connectivity index (χ0v) is 16.0. The maximum atomic E-state index is 13.6. The van der Waals surface area contributed by atoms with Crippen LogP contribution in [0.1, 0.15) is 21.5 Å². The molecule has 0 aliphatic heterocycles. The van der Waals surface area contributed by atoms with Crippen LogP contribution < -0.4 is 10.0 Å². The third-order valence-corrected chi connectivity index (χ3v) is 5.59. The van der Waals surface area contributed by atoms with Gasteiger partial charge in [0, 0.05) is 17.7 Å². The van der Waals surface area contributed by atoms with Crippen LogP contribution >= 0.6 is 0 Å². The molecule has 1 amide bonds. The molecule has 0 aliphatic rings. The molecule has 0 saturated heterocycles. The number of amides is 1. The maximum Gasteiger partial charge on any atom is 0.261 e. The van der Waals surface area contributed by atoms with E-state index in [9.17, 15) is 17.6 Å². The fourth-order valence-corrected chi connectivity index (χ4v) is 3.73. The molecule has 0 fully saturated rings. The Kier molecular flexibility index (Phi) is 5.75. The number of rotatable bonds is 6. The third-order valence-electron chi connectivity index (χ3n) is 4.21. The molecular weight excluding hydrogens is 379 g/mol. The Hall–Kier alpha value is -3.19. The molecule has 0 heterocycles. The number of anilines is 1. The van der Waals surface area contributed by atoms with E-state index < -0.39 is 21.7 Å². The van der Waals surface area contributed by atoms with Crippen molar-refractivity contribution in [3.63, 3.8) is 0 Å². The summed E-state index contributed by atoms with van der Waals surface area (Å²) in [4.78, 5) is 12.3. The molecule has 3 aromatic rings. The van der Waals surface area contributed by atoms with Crippen LogP contribution in [0.2, 0.25) is 0 Å². The molecule has 0 bridgehead atoms.